The van der Waals surface area contributed by atoms with Gasteiger partial charge in [0, 0.05) is 17.8 Å². The molecule has 1 aromatic heterocycles. The first-order chi connectivity index (χ1) is 10.2. The van der Waals surface area contributed by atoms with Crippen molar-refractivity contribution < 1.29 is 4.39 Å². The van der Waals surface area contributed by atoms with Gasteiger partial charge >= 0.3 is 0 Å². The van der Waals surface area contributed by atoms with Crippen LogP contribution in [-0.4, -0.2) is 4.98 Å². The highest BCUT2D eigenvalue weighted by molar-refractivity contribution is 5.33. The van der Waals surface area contributed by atoms with Crippen molar-refractivity contribution in [2.75, 3.05) is 0 Å². The molecule has 3 nitrogen and oxygen atoms in total. The summed E-state index contributed by atoms with van der Waals surface area (Å²) in [6, 6.07) is 9.06. The molecular formula is C17H20FN3. The molecule has 1 aliphatic rings. The van der Waals surface area contributed by atoms with Gasteiger partial charge in [0.15, 0.2) is 0 Å². The minimum Gasteiger partial charge on any atom is -0.271 e. The van der Waals surface area contributed by atoms with Crippen LogP contribution >= 0.6 is 0 Å². The molecule has 2 atom stereocenters. The van der Waals surface area contributed by atoms with Gasteiger partial charge in [0.2, 0.25) is 0 Å². The van der Waals surface area contributed by atoms with Crippen LogP contribution in [0.15, 0.2) is 36.5 Å². The summed E-state index contributed by atoms with van der Waals surface area (Å²) in [6.45, 7) is 1.90. The van der Waals surface area contributed by atoms with E-state index in [1.165, 1.54) is 11.6 Å². The van der Waals surface area contributed by atoms with E-state index in [4.69, 9.17) is 5.84 Å². The van der Waals surface area contributed by atoms with Crippen molar-refractivity contribution in [2.45, 2.75) is 38.1 Å². The van der Waals surface area contributed by atoms with Gasteiger partial charge in [-0.25, -0.2) is 4.39 Å². The molecular weight excluding hydrogens is 265 g/mol. The number of hydrazine groups is 1. The predicted molar refractivity (Wildman–Crippen MR) is 81.1 cm³/mol. The molecule has 4 heteroatoms. The summed E-state index contributed by atoms with van der Waals surface area (Å²) in [4.78, 5) is 4.55. The van der Waals surface area contributed by atoms with Gasteiger partial charge in [0.1, 0.15) is 5.82 Å². The Kier molecular flexibility index (Phi) is 3.99. The number of nitrogens with two attached hydrogens (primary N) is 1. The molecule has 0 radical (unpaired) electrons. The maximum absolute atomic E-state index is 13.7. The van der Waals surface area contributed by atoms with Crippen molar-refractivity contribution in [3.63, 3.8) is 0 Å². The number of benzene rings is 1. The van der Waals surface area contributed by atoms with E-state index >= 15 is 0 Å². The number of aryl methyl sites for hydroxylation is 2. The Morgan fingerprint density at radius 1 is 1.38 bits per heavy atom. The Bertz CT molecular complexity index is 621. The van der Waals surface area contributed by atoms with E-state index in [9.17, 15) is 4.39 Å². The van der Waals surface area contributed by atoms with Crippen LogP contribution in [0.25, 0.3) is 0 Å². The van der Waals surface area contributed by atoms with Gasteiger partial charge < -0.3 is 0 Å². The Morgan fingerprint density at radius 2 is 2.24 bits per heavy atom. The molecule has 1 heterocycles. The largest absolute Gasteiger partial charge is 0.271 e. The summed E-state index contributed by atoms with van der Waals surface area (Å²) in [5, 5.41) is 0. The molecule has 3 rings (SSSR count). The van der Waals surface area contributed by atoms with Gasteiger partial charge in [-0.1, -0.05) is 12.1 Å². The van der Waals surface area contributed by atoms with Crippen LogP contribution in [0.1, 0.15) is 47.2 Å². The SMILES string of the molecule is Cc1cc(F)cc(C(NN)C2CCCc3cccnc32)c1. The third-order valence-electron chi connectivity index (χ3n) is 4.24. The van der Waals surface area contributed by atoms with Gasteiger partial charge in [0.05, 0.1) is 6.04 Å². The number of hydrogen-bond acceptors (Lipinski definition) is 3. The van der Waals surface area contributed by atoms with E-state index < -0.39 is 0 Å². The molecule has 0 spiro atoms. The van der Waals surface area contributed by atoms with Gasteiger partial charge in [0.25, 0.3) is 0 Å². The molecule has 2 unspecified atom stereocenters. The van der Waals surface area contributed by atoms with E-state index in [1.54, 1.807) is 6.07 Å². The van der Waals surface area contributed by atoms with Gasteiger partial charge in [-0.2, -0.15) is 0 Å². The summed E-state index contributed by atoms with van der Waals surface area (Å²) in [7, 11) is 0. The Hall–Kier alpha value is -1.78. The third kappa shape index (κ3) is 2.82. The first kappa shape index (κ1) is 14.2. The predicted octanol–water partition coefficient (Wildman–Crippen LogP) is 3.15. The van der Waals surface area contributed by atoms with Crippen LogP contribution in [0.4, 0.5) is 4.39 Å². The summed E-state index contributed by atoms with van der Waals surface area (Å²) in [5.41, 5.74) is 7.04. The molecule has 2 aromatic rings. The van der Waals surface area contributed by atoms with Crippen molar-refractivity contribution >= 4 is 0 Å². The van der Waals surface area contributed by atoms with Crippen molar-refractivity contribution in [1.29, 1.82) is 0 Å². The zero-order valence-electron chi connectivity index (χ0n) is 12.1. The van der Waals surface area contributed by atoms with E-state index in [0.29, 0.717) is 0 Å². The monoisotopic (exact) mass is 285 g/mol. The van der Waals surface area contributed by atoms with E-state index in [-0.39, 0.29) is 17.8 Å². The second-order valence-corrected chi connectivity index (χ2v) is 5.75. The summed E-state index contributed by atoms with van der Waals surface area (Å²) in [5.74, 6) is 5.75. The topological polar surface area (TPSA) is 50.9 Å². The first-order valence-electron chi connectivity index (χ1n) is 7.36. The molecule has 21 heavy (non-hydrogen) atoms. The maximum atomic E-state index is 13.7. The maximum Gasteiger partial charge on any atom is 0.123 e. The smallest absolute Gasteiger partial charge is 0.123 e. The van der Waals surface area contributed by atoms with Crippen molar-refractivity contribution in [2.24, 2.45) is 5.84 Å². The molecule has 0 fully saturated rings. The number of halogens is 1. The molecule has 0 saturated heterocycles. The summed E-state index contributed by atoms with van der Waals surface area (Å²) < 4.78 is 13.7. The summed E-state index contributed by atoms with van der Waals surface area (Å²) >= 11 is 0. The highest BCUT2D eigenvalue weighted by Gasteiger charge is 2.29. The average molecular weight is 285 g/mol. The fourth-order valence-corrected chi connectivity index (χ4v) is 3.36. The number of rotatable bonds is 3. The summed E-state index contributed by atoms with van der Waals surface area (Å²) in [6.07, 6.45) is 4.99. The van der Waals surface area contributed by atoms with E-state index in [0.717, 1.165) is 36.1 Å². The highest BCUT2D eigenvalue weighted by Crippen LogP contribution is 2.39. The second kappa shape index (κ2) is 5.92. The standard InChI is InChI=1S/C17H20FN3/c1-11-8-13(10-14(18)9-11)17(21-19)15-6-2-4-12-5-3-7-20-16(12)15/h3,5,7-10,15,17,21H,2,4,6,19H2,1H3. The molecule has 0 amide bonds. The average Bonchev–Trinajstić information content (AvgIpc) is 2.47. The van der Waals surface area contributed by atoms with Crippen LogP contribution in [0.3, 0.4) is 0 Å². The lowest BCUT2D eigenvalue weighted by molar-refractivity contribution is 0.398. The molecule has 0 bridgehead atoms. The lowest BCUT2D eigenvalue weighted by Gasteiger charge is -2.31. The number of hydrogen-bond donors (Lipinski definition) is 2. The second-order valence-electron chi connectivity index (χ2n) is 5.75. The van der Waals surface area contributed by atoms with Crippen LogP contribution in [0.2, 0.25) is 0 Å². The molecule has 110 valence electrons. The van der Waals surface area contributed by atoms with E-state index in [1.807, 2.05) is 25.3 Å². The number of nitrogens with zero attached hydrogens (tertiary/aromatic N) is 1. The fraction of sp³-hybridized carbons (Fsp3) is 0.353. The van der Waals surface area contributed by atoms with E-state index in [2.05, 4.69) is 16.5 Å². The molecule has 3 N–H and O–H groups in total. The Morgan fingerprint density at radius 3 is 3.00 bits per heavy atom. The normalized spacial score (nSPS) is 19.1. The minimum absolute atomic E-state index is 0.117. The minimum atomic E-state index is -0.220. The zero-order valence-corrected chi connectivity index (χ0v) is 12.1. The van der Waals surface area contributed by atoms with Crippen LogP contribution in [0.5, 0.6) is 0 Å². The highest BCUT2D eigenvalue weighted by atomic mass is 19.1. The number of pyridine rings is 1. The molecule has 1 aromatic carbocycles. The van der Waals surface area contributed by atoms with Gasteiger partial charge in [-0.3, -0.25) is 16.3 Å². The lowest BCUT2D eigenvalue weighted by atomic mass is 9.79. The fourth-order valence-electron chi connectivity index (χ4n) is 3.36. The lowest BCUT2D eigenvalue weighted by Crippen LogP contribution is -2.34. The Balaban J connectivity index is 2.01. The van der Waals surface area contributed by atoms with Crippen LogP contribution in [-0.2, 0) is 6.42 Å². The molecule has 0 aliphatic heterocycles. The van der Waals surface area contributed by atoms with Gasteiger partial charge in [-0.05, 0) is 61.1 Å². The van der Waals surface area contributed by atoms with Crippen molar-refractivity contribution in [1.82, 2.24) is 10.4 Å². The molecule has 0 saturated carbocycles. The Labute approximate surface area is 124 Å². The molecule has 1 aliphatic carbocycles. The van der Waals surface area contributed by atoms with Crippen LogP contribution in [0, 0.1) is 12.7 Å². The zero-order chi connectivity index (χ0) is 14.8. The van der Waals surface area contributed by atoms with Crippen molar-refractivity contribution in [3.8, 4) is 0 Å². The number of fused-ring (bicyclic) bond motifs is 1. The quantitative estimate of drug-likeness (QED) is 0.673. The third-order valence-corrected chi connectivity index (χ3v) is 4.24. The van der Waals surface area contributed by atoms with Crippen molar-refractivity contribution in [3.05, 3.63) is 64.7 Å². The number of nitrogens with one attached hydrogen (secondary N) is 1. The van der Waals surface area contributed by atoms with Gasteiger partial charge in [-0.15, -0.1) is 0 Å². The van der Waals surface area contributed by atoms with Crippen LogP contribution < -0.4 is 11.3 Å². The first-order valence-corrected chi connectivity index (χ1v) is 7.36. The number of aromatic nitrogens is 1.